The van der Waals surface area contributed by atoms with E-state index in [-0.39, 0.29) is 6.79 Å². The highest BCUT2D eigenvalue weighted by atomic mass is 31.2. The predicted octanol–water partition coefficient (Wildman–Crippen LogP) is 8.64. The van der Waals surface area contributed by atoms with E-state index in [1.807, 2.05) is 103 Å². The molecule has 0 saturated heterocycles. The molecule has 1 aliphatic rings. The zero-order valence-electron chi connectivity index (χ0n) is 34.6. The molecule has 1 unspecified atom stereocenters. The Labute approximate surface area is 363 Å². The third-order valence-electron chi connectivity index (χ3n) is 11.1. The van der Waals surface area contributed by atoms with Crippen LogP contribution < -0.4 is 45.2 Å². The molecule has 1 aliphatic heterocycles. The van der Waals surface area contributed by atoms with Gasteiger partial charge in [-0.25, -0.2) is 4.57 Å². The highest BCUT2D eigenvalue weighted by Gasteiger charge is 2.31. The van der Waals surface area contributed by atoms with Crippen molar-refractivity contribution >= 4 is 35.2 Å². The van der Waals surface area contributed by atoms with E-state index in [9.17, 15) is 4.57 Å². The van der Waals surface area contributed by atoms with Gasteiger partial charge < -0.3 is 38.5 Å². The molecule has 4 N–H and O–H groups in total. The fraction of sp³-hybridized carbons (Fsp3) is 0.0566. The van der Waals surface area contributed by atoms with Gasteiger partial charge >= 0.3 is 7.60 Å². The lowest BCUT2D eigenvalue weighted by molar-refractivity contribution is 0.120. The standard InChI is InChI=1S/C53H43N4O5P/c1-35-44-24-25-45(54-44)36(2)47-27-29-49(56-47)53(38-15-13-21-42(33-38)62-63(58,43-22-10-5-11-23-43)61-40-18-8-4-9-19-40)51-31-30-50(57-51)52(48-28-26-46(35)55-48)37-14-12-20-41(32-37)60-34-59-39-16-6-3-7-17-39/h3-33,54-57H,34H2,1-2H3/b44-35?,45-36?,46-35-,47-36-,52-48-,52-50?,53-49-,53-51?. The van der Waals surface area contributed by atoms with Crippen molar-refractivity contribution in [3.8, 4) is 23.0 Å². The van der Waals surface area contributed by atoms with Crippen molar-refractivity contribution in [1.82, 2.24) is 19.9 Å². The topological polar surface area (TPSA) is 117 Å². The molecule has 0 aliphatic carbocycles. The molecule has 5 aromatic carbocycles. The molecular weight excluding hydrogens is 804 g/mol. The number of ether oxygens (including phenoxy) is 2. The van der Waals surface area contributed by atoms with E-state index in [0.29, 0.717) is 22.6 Å². The zero-order valence-corrected chi connectivity index (χ0v) is 35.5. The third kappa shape index (κ3) is 8.18. The Balaban J connectivity index is 1.11. The Morgan fingerprint density at radius 2 is 0.825 bits per heavy atom. The van der Waals surface area contributed by atoms with Crippen LogP contribution in [-0.4, -0.2) is 26.7 Å². The highest BCUT2D eigenvalue weighted by molar-refractivity contribution is 7.63. The molecule has 1 atom stereocenters. The Morgan fingerprint density at radius 1 is 0.397 bits per heavy atom. The summed E-state index contributed by atoms with van der Waals surface area (Å²) in [4.78, 5) is 14.9. The molecule has 0 saturated carbocycles. The number of hydrogen-bond acceptors (Lipinski definition) is 5. The molecule has 0 amide bonds. The van der Waals surface area contributed by atoms with E-state index in [1.54, 1.807) is 30.3 Å². The molecule has 0 fully saturated rings. The maximum absolute atomic E-state index is 14.8. The van der Waals surface area contributed by atoms with Gasteiger partial charge in [0.2, 0.25) is 6.79 Å². The van der Waals surface area contributed by atoms with Crippen LogP contribution in [0.15, 0.2) is 188 Å². The molecule has 0 spiro atoms. The Bertz CT molecular complexity index is 3380. The zero-order chi connectivity index (χ0) is 42.8. The Hall–Kier alpha value is -7.87. The summed E-state index contributed by atoms with van der Waals surface area (Å²) in [5.74, 6) is 2.23. The van der Waals surface area contributed by atoms with Crippen molar-refractivity contribution in [2.24, 2.45) is 0 Å². The SMILES string of the molecule is C/C1=c2\cc/c([nH]2)=C(\c2cccc(OCOc3ccccc3)c2)c2ccc([nH]2)/C(c2cccc(OP(=O)(Oc3ccccc3)c3ccccc3)c2)=c2/cc/c([nH]2)=C(\C)c2ccc1[nH]2. The molecule has 10 rings (SSSR count). The lowest BCUT2D eigenvalue weighted by Gasteiger charge is -2.20. The first-order chi connectivity index (χ1) is 30.9. The molecule has 0 radical (unpaired) electrons. The fourth-order valence-corrected chi connectivity index (χ4v) is 9.44. The molecule has 5 heterocycles. The quantitative estimate of drug-likeness (QED) is 0.0769. The van der Waals surface area contributed by atoms with Crippen molar-refractivity contribution < 1.29 is 23.1 Å². The van der Waals surface area contributed by atoms with Gasteiger partial charge in [0.1, 0.15) is 23.0 Å². The first kappa shape index (κ1) is 39.3. The van der Waals surface area contributed by atoms with Crippen LogP contribution in [0.1, 0.15) is 47.8 Å². The minimum absolute atomic E-state index is 0.0592. The monoisotopic (exact) mass is 846 g/mol. The molecule has 4 aromatic heterocycles. The van der Waals surface area contributed by atoms with Crippen LogP contribution in [0.3, 0.4) is 0 Å². The van der Waals surface area contributed by atoms with Gasteiger partial charge in [0.25, 0.3) is 0 Å². The summed E-state index contributed by atoms with van der Waals surface area (Å²) in [6.45, 7) is 4.29. The Kier molecular flexibility index (Phi) is 10.5. The van der Waals surface area contributed by atoms with Crippen molar-refractivity contribution in [3.63, 3.8) is 0 Å². The number of para-hydroxylation sites is 2. The second kappa shape index (κ2) is 16.9. The van der Waals surface area contributed by atoms with Gasteiger partial charge in [0, 0.05) is 55.3 Å². The van der Waals surface area contributed by atoms with Crippen molar-refractivity contribution in [2.45, 2.75) is 13.8 Å². The molecule has 9 nitrogen and oxygen atoms in total. The number of benzene rings is 5. The normalized spacial score (nSPS) is 16.8. The van der Waals surface area contributed by atoms with Gasteiger partial charge in [-0.2, -0.15) is 0 Å². The summed E-state index contributed by atoms with van der Waals surface area (Å²) in [6.07, 6.45) is 0. The average molecular weight is 847 g/mol. The van der Waals surface area contributed by atoms with E-state index in [0.717, 1.165) is 83.3 Å². The highest BCUT2D eigenvalue weighted by Crippen LogP contribution is 2.48. The van der Waals surface area contributed by atoms with Crippen molar-refractivity contribution in [1.29, 1.82) is 0 Å². The van der Waals surface area contributed by atoms with E-state index < -0.39 is 7.60 Å². The lowest BCUT2D eigenvalue weighted by atomic mass is 10.0. The number of rotatable bonds is 11. The maximum Gasteiger partial charge on any atom is 0.462 e. The third-order valence-corrected chi connectivity index (χ3v) is 13.0. The van der Waals surface area contributed by atoms with Crippen LogP contribution in [0.5, 0.6) is 23.0 Å². The molecule has 10 heteroatoms. The van der Waals surface area contributed by atoms with E-state index in [4.69, 9.17) is 18.5 Å². The molecular formula is C53H43N4O5P. The van der Waals surface area contributed by atoms with Gasteiger partial charge in [-0.05, 0) is 145 Å². The number of nitrogens with one attached hydrogen (secondary N) is 4. The second-order valence-corrected chi connectivity index (χ2v) is 17.1. The lowest BCUT2D eigenvalue weighted by Crippen LogP contribution is -2.18. The van der Waals surface area contributed by atoms with Crippen LogP contribution in [0.4, 0.5) is 0 Å². The minimum atomic E-state index is -3.91. The molecule has 8 bridgehead atoms. The van der Waals surface area contributed by atoms with E-state index in [1.165, 1.54) is 0 Å². The summed E-state index contributed by atoms with van der Waals surface area (Å²) in [6, 6.07) is 60.3. The number of fused-ring (bicyclic) bond motifs is 8. The number of hydrogen-bond donors (Lipinski definition) is 4. The predicted molar refractivity (Wildman–Crippen MR) is 248 cm³/mol. The molecule has 9 aromatic rings. The van der Waals surface area contributed by atoms with E-state index in [2.05, 4.69) is 88.4 Å². The fourth-order valence-electron chi connectivity index (χ4n) is 7.87. The maximum atomic E-state index is 14.8. The average Bonchev–Trinajstić information content (AvgIpc) is 4.17. The first-order valence-corrected chi connectivity index (χ1v) is 22.2. The van der Waals surface area contributed by atoms with Crippen LogP contribution in [-0.2, 0) is 4.57 Å². The van der Waals surface area contributed by atoms with Crippen LogP contribution in [0.2, 0.25) is 0 Å². The van der Waals surface area contributed by atoms with Gasteiger partial charge in [-0.1, -0.05) is 78.9 Å². The van der Waals surface area contributed by atoms with Crippen molar-refractivity contribution in [2.75, 3.05) is 6.79 Å². The summed E-state index contributed by atoms with van der Waals surface area (Å²) < 4.78 is 39.4. The van der Waals surface area contributed by atoms with Gasteiger partial charge in [-0.15, -0.1) is 0 Å². The van der Waals surface area contributed by atoms with Crippen LogP contribution in [0.25, 0.3) is 22.3 Å². The van der Waals surface area contributed by atoms with Gasteiger partial charge in [0.15, 0.2) is 0 Å². The molecule has 63 heavy (non-hydrogen) atoms. The van der Waals surface area contributed by atoms with Gasteiger partial charge in [-0.3, -0.25) is 0 Å². The van der Waals surface area contributed by atoms with Crippen LogP contribution >= 0.6 is 7.60 Å². The van der Waals surface area contributed by atoms with Crippen molar-refractivity contribution in [3.05, 3.63) is 243 Å². The number of aromatic nitrogens is 4. The summed E-state index contributed by atoms with van der Waals surface area (Å²) in [5.41, 5.74) is 9.51. The first-order valence-electron chi connectivity index (χ1n) is 20.7. The van der Waals surface area contributed by atoms with E-state index >= 15 is 0 Å². The number of H-pyrrole nitrogens is 4. The Morgan fingerprint density at radius 3 is 1.41 bits per heavy atom. The van der Waals surface area contributed by atoms with Gasteiger partial charge in [0.05, 0.1) is 5.30 Å². The summed E-state index contributed by atoms with van der Waals surface area (Å²) in [5, 5.41) is 4.20. The summed E-state index contributed by atoms with van der Waals surface area (Å²) >= 11 is 0. The second-order valence-electron chi connectivity index (χ2n) is 15.2. The number of aromatic amines is 4. The largest absolute Gasteiger partial charge is 0.462 e. The smallest absolute Gasteiger partial charge is 0.458 e. The minimum Gasteiger partial charge on any atom is -0.458 e. The summed E-state index contributed by atoms with van der Waals surface area (Å²) in [7, 11) is -3.91. The van der Waals surface area contributed by atoms with Crippen LogP contribution in [0, 0.1) is 0 Å². The molecule has 310 valence electrons.